The molecule has 2 aromatic carbocycles. The van der Waals surface area contributed by atoms with Crippen molar-refractivity contribution >= 4 is 45.9 Å². The summed E-state index contributed by atoms with van der Waals surface area (Å²) in [7, 11) is 0. The van der Waals surface area contributed by atoms with Gasteiger partial charge < -0.3 is 15.1 Å². The molecule has 0 aliphatic carbocycles. The number of anilines is 2. The Labute approximate surface area is 155 Å². The third kappa shape index (κ3) is 3.20. The number of benzene rings is 2. The number of furan rings is 1. The summed E-state index contributed by atoms with van der Waals surface area (Å²) in [5, 5.41) is 6.69. The number of hydrogen-bond acceptors (Lipinski definition) is 4. The van der Waals surface area contributed by atoms with Crippen molar-refractivity contribution in [3.63, 3.8) is 0 Å². The van der Waals surface area contributed by atoms with Crippen molar-refractivity contribution in [3.8, 4) is 0 Å². The summed E-state index contributed by atoms with van der Waals surface area (Å²) >= 11 is 1.49. The monoisotopic (exact) mass is 366 g/mol. The van der Waals surface area contributed by atoms with Gasteiger partial charge in [0.2, 0.25) is 11.8 Å². The highest BCUT2D eigenvalue weighted by molar-refractivity contribution is 8.00. The van der Waals surface area contributed by atoms with E-state index in [-0.39, 0.29) is 18.2 Å². The molecule has 0 bridgehead atoms. The van der Waals surface area contributed by atoms with Gasteiger partial charge in [-0.3, -0.25) is 9.59 Å². The number of aryl methyl sites for hydroxylation is 2. The highest BCUT2D eigenvalue weighted by Crippen LogP contribution is 2.33. The van der Waals surface area contributed by atoms with Gasteiger partial charge in [-0.1, -0.05) is 0 Å². The van der Waals surface area contributed by atoms with Crippen LogP contribution in [0.15, 0.2) is 45.9 Å². The molecule has 3 aromatic rings. The highest BCUT2D eigenvalue weighted by Gasteiger charge is 2.17. The van der Waals surface area contributed by atoms with E-state index in [0.29, 0.717) is 11.4 Å². The van der Waals surface area contributed by atoms with Crippen LogP contribution in [-0.4, -0.2) is 17.6 Å². The first-order chi connectivity index (χ1) is 12.5. The van der Waals surface area contributed by atoms with Crippen LogP contribution >= 0.6 is 11.8 Å². The molecule has 5 nitrogen and oxygen atoms in total. The van der Waals surface area contributed by atoms with Gasteiger partial charge in [-0.15, -0.1) is 11.8 Å². The molecule has 0 unspecified atom stereocenters. The van der Waals surface area contributed by atoms with Gasteiger partial charge >= 0.3 is 0 Å². The Morgan fingerprint density at radius 1 is 1.23 bits per heavy atom. The Bertz CT molecular complexity index is 1040. The standard InChI is InChI=1S/C20H18N2O3S/c1-11-5-15-13(9-25-17(15)6-12(11)2)7-19(23)21-14-3-4-18-16(8-14)22-20(24)10-26-18/h3-6,8-9H,7,10H2,1-2H3,(H,21,23)(H,22,24). The molecule has 0 fully saturated rings. The number of amides is 2. The number of fused-ring (bicyclic) bond motifs is 2. The quantitative estimate of drug-likeness (QED) is 0.726. The number of carbonyl (C=O) groups excluding carboxylic acids is 2. The van der Waals surface area contributed by atoms with Gasteiger partial charge in [-0.2, -0.15) is 0 Å². The van der Waals surface area contributed by atoms with E-state index in [1.165, 1.54) is 17.3 Å². The minimum absolute atomic E-state index is 0.0264. The molecular formula is C20H18N2O3S. The lowest BCUT2D eigenvalue weighted by Crippen LogP contribution is -2.19. The maximum absolute atomic E-state index is 12.5. The minimum atomic E-state index is -0.124. The van der Waals surface area contributed by atoms with Crippen LogP contribution in [0.1, 0.15) is 16.7 Å². The van der Waals surface area contributed by atoms with Crippen LogP contribution in [0.3, 0.4) is 0 Å². The van der Waals surface area contributed by atoms with Gasteiger partial charge in [0.05, 0.1) is 24.1 Å². The number of nitrogens with one attached hydrogen (secondary N) is 2. The number of hydrogen-bond donors (Lipinski definition) is 2. The summed E-state index contributed by atoms with van der Waals surface area (Å²) < 4.78 is 5.59. The predicted molar refractivity (Wildman–Crippen MR) is 104 cm³/mol. The van der Waals surface area contributed by atoms with Crippen LogP contribution in [0.25, 0.3) is 11.0 Å². The molecule has 6 heteroatoms. The van der Waals surface area contributed by atoms with Crippen LogP contribution < -0.4 is 10.6 Å². The summed E-state index contributed by atoms with van der Waals surface area (Å²) in [6.07, 6.45) is 1.88. The van der Waals surface area contributed by atoms with Gasteiger partial charge in [0.25, 0.3) is 0 Å². The number of thioether (sulfide) groups is 1. The second-order valence-electron chi connectivity index (χ2n) is 6.47. The van der Waals surface area contributed by atoms with Crippen molar-refractivity contribution in [2.24, 2.45) is 0 Å². The summed E-state index contributed by atoms with van der Waals surface area (Å²) in [6, 6.07) is 9.60. The van der Waals surface area contributed by atoms with Gasteiger partial charge in [0, 0.05) is 21.5 Å². The third-order valence-electron chi connectivity index (χ3n) is 4.52. The molecule has 1 aliphatic heterocycles. The average Bonchev–Trinajstić information content (AvgIpc) is 2.96. The maximum atomic E-state index is 12.5. The minimum Gasteiger partial charge on any atom is -0.464 e. The molecule has 0 atom stereocenters. The van der Waals surface area contributed by atoms with Crippen LogP contribution in [0.4, 0.5) is 11.4 Å². The molecule has 0 spiro atoms. The van der Waals surface area contributed by atoms with Crippen LogP contribution in [0.2, 0.25) is 0 Å². The van der Waals surface area contributed by atoms with E-state index in [4.69, 9.17) is 4.42 Å². The normalized spacial score (nSPS) is 13.4. The Morgan fingerprint density at radius 3 is 2.88 bits per heavy atom. The Balaban J connectivity index is 1.52. The fourth-order valence-corrected chi connectivity index (χ4v) is 3.80. The summed E-state index contributed by atoms with van der Waals surface area (Å²) in [5.41, 5.74) is 5.40. The van der Waals surface area contributed by atoms with Crippen molar-refractivity contribution < 1.29 is 14.0 Å². The molecule has 0 saturated heterocycles. The summed E-state index contributed by atoms with van der Waals surface area (Å²) in [5.74, 6) is 0.271. The van der Waals surface area contributed by atoms with E-state index in [9.17, 15) is 9.59 Å². The molecule has 26 heavy (non-hydrogen) atoms. The fourth-order valence-electron chi connectivity index (χ4n) is 3.01. The number of rotatable bonds is 3. The molecular weight excluding hydrogens is 348 g/mol. The molecule has 2 heterocycles. The van der Waals surface area contributed by atoms with Crippen molar-refractivity contribution in [2.45, 2.75) is 25.2 Å². The zero-order valence-electron chi connectivity index (χ0n) is 14.5. The first-order valence-corrected chi connectivity index (χ1v) is 9.32. The molecule has 1 aromatic heterocycles. The lowest BCUT2D eigenvalue weighted by atomic mass is 10.0. The van der Waals surface area contributed by atoms with E-state index in [0.717, 1.165) is 32.7 Å². The van der Waals surface area contributed by atoms with E-state index in [1.54, 1.807) is 12.3 Å². The largest absolute Gasteiger partial charge is 0.464 e. The molecule has 2 N–H and O–H groups in total. The first kappa shape index (κ1) is 16.7. The highest BCUT2D eigenvalue weighted by atomic mass is 32.2. The van der Waals surface area contributed by atoms with Gasteiger partial charge in [-0.25, -0.2) is 0 Å². The van der Waals surface area contributed by atoms with Crippen LogP contribution in [-0.2, 0) is 16.0 Å². The number of carbonyl (C=O) groups is 2. The SMILES string of the molecule is Cc1cc2occ(CC(=O)Nc3ccc4c(c3)NC(=O)CS4)c2cc1C. The Morgan fingerprint density at radius 2 is 2.04 bits per heavy atom. The Hall–Kier alpha value is -2.73. The second kappa shape index (κ2) is 6.53. The predicted octanol–water partition coefficient (Wildman–Crippen LogP) is 4.28. The zero-order valence-corrected chi connectivity index (χ0v) is 15.3. The molecule has 2 amide bonds. The Kier molecular flexibility index (Phi) is 4.20. The molecule has 1 aliphatic rings. The van der Waals surface area contributed by atoms with Crippen molar-refractivity contribution in [1.29, 1.82) is 0 Å². The molecule has 0 saturated carbocycles. The van der Waals surface area contributed by atoms with Crippen LogP contribution in [0.5, 0.6) is 0 Å². The zero-order chi connectivity index (χ0) is 18.3. The van der Waals surface area contributed by atoms with E-state index in [1.807, 2.05) is 32.0 Å². The lowest BCUT2D eigenvalue weighted by molar-refractivity contribution is -0.115. The van der Waals surface area contributed by atoms with E-state index < -0.39 is 0 Å². The smallest absolute Gasteiger partial charge is 0.234 e. The molecule has 132 valence electrons. The summed E-state index contributed by atoms with van der Waals surface area (Å²) in [4.78, 5) is 25.0. The molecule has 4 rings (SSSR count). The summed E-state index contributed by atoms with van der Waals surface area (Å²) in [6.45, 7) is 4.09. The van der Waals surface area contributed by atoms with Gasteiger partial charge in [0.1, 0.15) is 5.58 Å². The second-order valence-corrected chi connectivity index (χ2v) is 7.48. The van der Waals surface area contributed by atoms with Crippen molar-refractivity contribution in [1.82, 2.24) is 0 Å². The average molecular weight is 366 g/mol. The van der Waals surface area contributed by atoms with Gasteiger partial charge in [-0.05, 0) is 55.3 Å². The topological polar surface area (TPSA) is 71.3 Å². The van der Waals surface area contributed by atoms with Gasteiger partial charge in [0.15, 0.2) is 0 Å². The third-order valence-corrected chi connectivity index (χ3v) is 5.59. The maximum Gasteiger partial charge on any atom is 0.234 e. The fraction of sp³-hybridized carbons (Fsp3) is 0.200. The van der Waals surface area contributed by atoms with Crippen molar-refractivity contribution in [2.75, 3.05) is 16.4 Å². The van der Waals surface area contributed by atoms with Crippen molar-refractivity contribution in [3.05, 3.63) is 53.3 Å². The lowest BCUT2D eigenvalue weighted by Gasteiger charge is -2.17. The first-order valence-electron chi connectivity index (χ1n) is 8.33. The molecule has 0 radical (unpaired) electrons. The van der Waals surface area contributed by atoms with E-state index >= 15 is 0 Å². The van der Waals surface area contributed by atoms with Crippen LogP contribution in [0, 0.1) is 13.8 Å². The van der Waals surface area contributed by atoms with E-state index in [2.05, 4.69) is 16.7 Å².